The third-order valence-corrected chi connectivity index (χ3v) is 5.70. The van der Waals surface area contributed by atoms with E-state index in [-0.39, 0.29) is 11.8 Å². The maximum absolute atomic E-state index is 12.5. The number of halogens is 1. The third kappa shape index (κ3) is 5.82. The SMILES string of the molecule is Cc1cc(NC(=O)c2ccccc2Cl)sc1C(=O)NCCCNc1ccccc1. The number of rotatable bonds is 8. The van der Waals surface area contributed by atoms with Crippen LogP contribution in [0.1, 0.15) is 32.0 Å². The number of carbonyl (C=O) groups excluding carboxylic acids is 2. The molecular weight excluding hydrogens is 406 g/mol. The van der Waals surface area contributed by atoms with E-state index in [2.05, 4.69) is 16.0 Å². The summed E-state index contributed by atoms with van der Waals surface area (Å²) in [6.07, 6.45) is 0.807. The van der Waals surface area contributed by atoms with E-state index in [1.165, 1.54) is 11.3 Å². The number of hydrogen-bond donors (Lipinski definition) is 3. The second-order valence-corrected chi connectivity index (χ2v) is 7.92. The lowest BCUT2D eigenvalue weighted by Gasteiger charge is -2.07. The fraction of sp³-hybridized carbons (Fsp3) is 0.182. The number of nitrogens with one attached hydrogen (secondary N) is 3. The normalized spacial score (nSPS) is 10.4. The summed E-state index contributed by atoms with van der Waals surface area (Å²) < 4.78 is 0. The molecule has 150 valence electrons. The first-order chi connectivity index (χ1) is 14.0. The summed E-state index contributed by atoms with van der Waals surface area (Å²) in [4.78, 5) is 25.4. The molecule has 3 rings (SSSR count). The van der Waals surface area contributed by atoms with Gasteiger partial charge < -0.3 is 16.0 Å². The minimum atomic E-state index is -0.296. The van der Waals surface area contributed by atoms with E-state index in [9.17, 15) is 9.59 Å². The summed E-state index contributed by atoms with van der Waals surface area (Å²) >= 11 is 7.32. The molecular formula is C22H22ClN3O2S. The lowest BCUT2D eigenvalue weighted by atomic mass is 10.2. The molecule has 0 aliphatic carbocycles. The van der Waals surface area contributed by atoms with Gasteiger partial charge in [0.25, 0.3) is 11.8 Å². The molecule has 2 amide bonds. The molecule has 3 aromatic rings. The van der Waals surface area contributed by atoms with Gasteiger partial charge in [-0.15, -0.1) is 11.3 Å². The molecule has 0 saturated heterocycles. The van der Waals surface area contributed by atoms with Gasteiger partial charge in [-0.05, 0) is 49.2 Å². The second kappa shape index (κ2) is 10.1. The number of thiophene rings is 1. The van der Waals surface area contributed by atoms with Crippen LogP contribution in [0.15, 0.2) is 60.7 Å². The zero-order valence-electron chi connectivity index (χ0n) is 16.0. The lowest BCUT2D eigenvalue weighted by molar-refractivity contribution is 0.0956. The summed E-state index contributed by atoms with van der Waals surface area (Å²) in [5.41, 5.74) is 2.29. The van der Waals surface area contributed by atoms with Gasteiger partial charge in [-0.1, -0.05) is 41.9 Å². The molecule has 5 nitrogen and oxygen atoms in total. The highest BCUT2D eigenvalue weighted by atomic mass is 35.5. The van der Waals surface area contributed by atoms with Crippen LogP contribution in [-0.4, -0.2) is 24.9 Å². The summed E-state index contributed by atoms with van der Waals surface area (Å²) in [7, 11) is 0. The molecule has 0 spiro atoms. The number of amides is 2. The molecule has 0 bridgehead atoms. The molecule has 0 saturated carbocycles. The first-order valence-electron chi connectivity index (χ1n) is 9.28. The molecule has 0 atom stereocenters. The van der Waals surface area contributed by atoms with Crippen molar-refractivity contribution in [3.8, 4) is 0 Å². The monoisotopic (exact) mass is 427 g/mol. The Morgan fingerprint density at radius 3 is 2.45 bits per heavy atom. The molecule has 7 heteroatoms. The van der Waals surface area contributed by atoms with Crippen molar-refractivity contribution in [3.63, 3.8) is 0 Å². The van der Waals surface area contributed by atoms with Crippen molar-refractivity contribution in [2.45, 2.75) is 13.3 Å². The standard InChI is InChI=1S/C22H22ClN3O2S/c1-15-14-19(26-21(27)17-10-5-6-11-18(17)23)29-20(15)22(28)25-13-7-12-24-16-8-3-2-4-9-16/h2-6,8-11,14,24H,7,12-13H2,1H3,(H,25,28)(H,26,27). The Balaban J connectivity index is 1.49. The quantitative estimate of drug-likeness (QED) is 0.433. The molecule has 1 aromatic heterocycles. The Morgan fingerprint density at radius 1 is 0.966 bits per heavy atom. The fourth-order valence-corrected chi connectivity index (χ4v) is 3.96. The second-order valence-electron chi connectivity index (χ2n) is 6.46. The predicted molar refractivity (Wildman–Crippen MR) is 120 cm³/mol. The molecule has 0 aliphatic rings. The Labute approximate surface area is 179 Å². The number of benzene rings is 2. The zero-order chi connectivity index (χ0) is 20.6. The zero-order valence-corrected chi connectivity index (χ0v) is 17.6. The van der Waals surface area contributed by atoms with Gasteiger partial charge in [0.1, 0.15) is 0 Å². The highest BCUT2D eigenvalue weighted by molar-refractivity contribution is 7.18. The molecule has 2 aromatic carbocycles. The number of aryl methyl sites for hydroxylation is 1. The summed E-state index contributed by atoms with van der Waals surface area (Å²) in [5.74, 6) is -0.429. The third-order valence-electron chi connectivity index (χ3n) is 4.22. The van der Waals surface area contributed by atoms with Crippen molar-refractivity contribution in [2.24, 2.45) is 0 Å². The highest BCUT2D eigenvalue weighted by Gasteiger charge is 2.16. The van der Waals surface area contributed by atoms with Crippen LogP contribution in [-0.2, 0) is 0 Å². The van der Waals surface area contributed by atoms with Crippen molar-refractivity contribution in [1.29, 1.82) is 0 Å². The van der Waals surface area contributed by atoms with Gasteiger partial charge in [0, 0.05) is 18.8 Å². The van der Waals surface area contributed by atoms with Crippen LogP contribution in [0.4, 0.5) is 10.7 Å². The van der Waals surface area contributed by atoms with E-state index in [4.69, 9.17) is 11.6 Å². The molecule has 29 heavy (non-hydrogen) atoms. The number of hydrogen-bond acceptors (Lipinski definition) is 4. The van der Waals surface area contributed by atoms with Crippen LogP contribution in [0.5, 0.6) is 0 Å². The maximum Gasteiger partial charge on any atom is 0.261 e. The van der Waals surface area contributed by atoms with Crippen LogP contribution < -0.4 is 16.0 Å². The van der Waals surface area contributed by atoms with Gasteiger partial charge >= 0.3 is 0 Å². The highest BCUT2D eigenvalue weighted by Crippen LogP contribution is 2.27. The number of anilines is 2. The van der Waals surface area contributed by atoms with Crippen LogP contribution in [0.2, 0.25) is 5.02 Å². The van der Waals surface area contributed by atoms with Gasteiger partial charge in [0.05, 0.1) is 20.5 Å². The van der Waals surface area contributed by atoms with E-state index in [1.807, 2.05) is 37.3 Å². The number of para-hydroxylation sites is 1. The van der Waals surface area contributed by atoms with Crippen LogP contribution in [0.3, 0.4) is 0 Å². The van der Waals surface area contributed by atoms with Gasteiger partial charge in [-0.3, -0.25) is 9.59 Å². The molecule has 0 fully saturated rings. The fourth-order valence-electron chi connectivity index (χ4n) is 2.75. The van der Waals surface area contributed by atoms with E-state index in [0.29, 0.717) is 27.0 Å². The first-order valence-corrected chi connectivity index (χ1v) is 10.5. The van der Waals surface area contributed by atoms with E-state index in [1.54, 1.807) is 30.3 Å². The largest absolute Gasteiger partial charge is 0.385 e. The summed E-state index contributed by atoms with van der Waals surface area (Å²) in [6, 6.07) is 18.6. The Hall–Kier alpha value is -2.83. The number of carbonyl (C=O) groups is 2. The lowest BCUT2D eigenvalue weighted by Crippen LogP contribution is -2.25. The van der Waals surface area contributed by atoms with Crippen LogP contribution in [0.25, 0.3) is 0 Å². The van der Waals surface area contributed by atoms with Crippen molar-refractivity contribution in [1.82, 2.24) is 5.32 Å². The summed E-state index contributed by atoms with van der Waals surface area (Å²) in [5, 5.41) is 10.1. The molecule has 3 N–H and O–H groups in total. The molecule has 0 radical (unpaired) electrons. The van der Waals surface area contributed by atoms with Gasteiger partial charge in [-0.2, -0.15) is 0 Å². The molecule has 0 aliphatic heterocycles. The minimum absolute atomic E-state index is 0.134. The average Bonchev–Trinajstić information content (AvgIpc) is 3.08. The molecule has 0 unspecified atom stereocenters. The topological polar surface area (TPSA) is 70.2 Å². The smallest absolute Gasteiger partial charge is 0.261 e. The van der Waals surface area contributed by atoms with Gasteiger partial charge in [-0.25, -0.2) is 0 Å². The Kier molecular flexibility index (Phi) is 7.27. The van der Waals surface area contributed by atoms with Crippen molar-refractivity contribution >= 4 is 45.4 Å². The van der Waals surface area contributed by atoms with Crippen LogP contribution >= 0.6 is 22.9 Å². The van der Waals surface area contributed by atoms with Crippen LogP contribution in [0, 0.1) is 6.92 Å². The minimum Gasteiger partial charge on any atom is -0.385 e. The van der Waals surface area contributed by atoms with Crippen molar-refractivity contribution < 1.29 is 9.59 Å². The Bertz CT molecular complexity index is 989. The average molecular weight is 428 g/mol. The van der Waals surface area contributed by atoms with E-state index < -0.39 is 0 Å². The van der Waals surface area contributed by atoms with E-state index >= 15 is 0 Å². The first kappa shape index (κ1) is 20.9. The predicted octanol–water partition coefficient (Wildman–Crippen LogP) is 5.19. The molecule has 1 heterocycles. The van der Waals surface area contributed by atoms with E-state index in [0.717, 1.165) is 24.2 Å². The van der Waals surface area contributed by atoms with Crippen molar-refractivity contribution in [2.75, 3.05) is 23.7 Å². The summed E-state index contributed by atoms with van der Waals surface area (Å²) in [6.45, 7) is 3.19. The Morgan fingerprint density at radius 2 is 1.69 bits per heavy atom. The van der Waals surface area contributed by atoms with Crippen molar-refractivity contribution in [3.05, 3.63) is 81.7 Å². The van der Waals surface area contributed by atoms with Gasteiger partial charge in [0.2, 0.25) is 0 Å². The maximum atomic E-state index is 12.5. The van der Waals surface area contributed by atoms with Gasteiger partial charge in [0.15, 0.2) is 0 Å².